The van der Waals surface area contributed by atoms with Crippen LogP contribution in [0.1, 0.15) is 108 Å². The van der Waals surface area contributed by atoms with Gasteiger partial charge in [-0.15, -0.1) is 0 Å². The lowest BCUT2D eigenvalue weighted by Gasteiger charge is -2.52. The van der Waals surface area contributed by atoms with Crippen LogP contribution in [0.2, 0.25) is 0 Å². The molecule has 12 heteroatoms. The number of hydrogen-bond acceptors (Lipinski definition) is 5. The number of fused-ring (bicyclic) bond motifs is 5. The van der Waals surface area contributed by atoms with E-state index in [0.29, 0.717) is 17.8 Å². The molecule has 0 N–H and O–H groups in total. The molecule has 3 fully saturated rings. The van der Waals surface area contributed by atoms with Gasteiger partial charge in [0.25, 0.3) is 5.60 Å². The molecule has 3 unspecified atom stereocenters. The van der Waals surface area contributed by atoms with E-state index >= 15 is 0 Å². The van der Waals surface area contributed by atoms with E-state index in [2.05, 4.69) is 41.8 Å². The molecule has 0 bridgehead atoms. The second-order valence-corrected chi connectivity index (χ2v) is 16.2. The van der Waals surface area contributed by atoms with Crippen LogP contribution < -0.4 is 4.74 Å². The Kier molecular flexibility index (Phi) is 12.7. The second-order valence-electron chi connectivity index (χ2n) is 16.2. The highest BCUT2D eigenvalue weighted by Gasteiger charge is 2.71. The minimum absolute atomic E-state index is 0.0261. The van der Waals surface area contributed by atoms with Crippen LogP contribution in [0, 0.1) is 17.3 Å². The molecule has 0 saturated heterocycles. The average Bonchev–Trinajstić information content (AvgIpc) is 3.73. The number of likely N-dealkylation sites (N-methyl/N-ethyl adjacent to an activating group) is 2. The Labute approximate surface area is 300 Å². The number of carbonyl (C=O) groups is 1. The Morgan fingerprint density at radius 1 is 0.922 bits per heavy atom. The number of halogens is 6. The van der Waals surface area contributed by atoms with E-state index in [0.717, 1.165) is 69.9 Å². The second kappa shape index (κ2) is 16.1. The highest BCUT2D eigenvalue weighted by molar-refractivity contribution is 5.78. The predicted octanol–water partition coefficient (Wildman–Crippen LogP) is 8.62. The Balaban J connectivity index is 1.13. The quantitative estimate of drug-likeness (QED) is 0.134. The van der Waals surface area contributed by atoms with E-state index in [9.17, 15) is 31.1 Å². The van der Waals surface area contributed by atoms with Gasteiger partial charge in [-0.05, 0) is 125 Å². The molecule has 4 aliphatic carbocycles. The Hall–Kier alpha value is -2.05. The fourth-order valence-electron chi connectivity index (χ4n) is 10.3. The maximum atomic E-state index is 13.6. The lowest BCUT2D eigenvalue weighted by Crippen LogP contribution is -2.59. The van der Waals surface area contributed by atoms with Crippen molar-refractivity contribution in [3.8, 4) is 5.75 Å². The van der Waals surface area contributed by atoms with Gasteiger partial charge in [0, 0.05) is 32.2 Å². The van der Waals surface area contributed by atoms with E-state index in [1.165, 1.54) is 55.7 Å². The first-order valence-corrected chi connectivity index (χ1v) is 19.2. The molecule has 5 atom stereocenters. The maximum absolute atomic E-state index is 13.6. The zero-order chi connectivity index (χ0) is 37.2. The molecular formula is C39H59F6N3O3. The van der Waals surface area contributed by atoms with Crippen LogP contribution in [0.4, 0.5) is 26.3 Å². The number of carbonyl (C=O) groups excluding carboxylic acids is 1. The molecule has 1 amide bonds. The summed E-state index contributed by atoms with van der Waals surface area (Å²) >= 11 is 0. The Bertz CT molecular complexity index is 1300. The van der Waals surface area contributed by atoms with Gasteiger partial charge in [0.1, 0.15) is 5.75 Å². The van der Waals surface area contributed by atoms with Crippen LogP contribution in [0.3, 0.4) is 0 Å². The van der Waals surface area contributed by atoms with Crippen LogP contribution in [0.5, 0.6) is 5.75 Å². The zero-order valence-corrected chi connectivity index (χ0v) is 31.2. The maximum Gasteiger partial charge on any atom is 0.426 e. The molecule has 6 nitrogen and oxygen atoms in total. The molecule has 1 aromatic carbocycles. The monoisotopic (exact) mass is 731 g/mol. The summed E-state index contributed by atoms with van der Waals surface area (Å²) in [5.74, 6) is 2.26. The Morgan fingerprint density at radius 3 is 2.29 bits per heavy atom. The molecular weight excluding hydrogens is 672 g/mol. The van der Waals surface area contributed by atoms with Crippen molar-refractivity contribution in [2.24, 2.45) is 17.3 Å². The first-order valence-electron chi connectivity index (χ1n) is 19.2. The van der Waals surface area contributed by atoms with Gasteiger partial charge in [-0.1, -0.05) is 39.2 Å². The van der Waals surface area contributed by atoms with Crippen LogP contribution in [0.15, 0.2) is 18.2 Å². The van der Waals surface area contributed by atoms with Gasteiger partial charge >= 0.3 is 12.4 Å². The van der Waals surface area contributed by atoms with Crippen molar-refractivity contribution >= 4 is 5.91 Å². The van der Waals surface area contributed by atoms with E-state index in [1.54, 1.807) is 11.9 Å². The van der Waals surface area contributed by atoms with Crippen molar-refractivity contribution in [1.29, 1.82) is 0 Å². The summed E-state index contributed by atoms with van der Waals surface area (Å²) in [6.45, 7) is 4.19. The molecule has 4 aliphatic rings. The number of benzene rings is 1. The highest BCUT2D eigenvalue weighted by atomic mass is 19.4. The van der Waals surface area contributed by atoms with E-state index in [4.69, 9.17) is 4.74 Å². The number of amides is 1. The van der Waals surface area contributed by atoms with Gasteiger partial charge < -0.3 is 19.3 Å². The number of alkyl halides is 6. The van der Waals surface area contributed by atoms with E-state index in [1.807, 2.05) is 0 Å². The molecule has 0 radical (unpaired) electrons. The standard InChI is InChI=1S/C39H59F6N3O3/c1-6-19-37(38(40,41)42,39(43,44)45)51-24-22-46(3)26-35(49)48(5)34-17-16-33-32-14-12-27-25-29(13-15-30(27)31(32)18-20-36(33,34)2)50-23-9-21-47(4)28-10-7-8-11-28/h13,15,25,28,31-34H,6-12,14,16-24,26H2,1-5H3/t31?,32?,33?,34-,36-/m0/s1. The molecule has 0 spiro atoms. The normalized spacial score (nSPS) is 27.1. The van der Waals surface area contributed by atoms with Crippen molar-refractivity contribution in [2.75, 3.05) is 54.0 Å². The minimum atomic E-state index is -5.60. The molecule has 0 aromatic heterocycles. The molecule has 0 heterocycles. The van der Waals surface area contributed by atoms with Gasteiger partial charge in [-0.3, -0.25) is 9.69 Å². The van der Waals surface area contributed by atoms with Crippen LogP contribution in [-0.4, -0.2) is 105 Å². The summed E-state index contributed by atoms with van der Waals surface area (Å²) in [4.78, 5) is 19.2. The topological polar surface area (TPSA) is 45.3 Å². The minimum Gasteiger partial charge on any atom is -0.494 e. The lowest BCUT2D eigenvalue weighted by molar-refractivity contribution is -0.383. The van der Waals surface area contributed by atoms with Crippen LogP contribution >= 0.6 is 0 Å². The van der Waals surface area contributed by atoms with Crippen LogP contribution in [-0.2, 0) is 16.0 Å². The fraction of sp³-hybridized carbons (Fsp3) is 0.821. The first-order chi connectivity index (χ1) is 24.0. The van der Waals surface area contributed by atoms with Gasteiger partial charge in [0.15, 0.2) is 0 Å². The van der Waals surface area contributed by atoms with Crippen molar-refractivity contribution in [2.45, 2.75) is 133 Å². The largest absolute Gasteiger partial charge is 0.494 e. The number of aryl methyl sites for hydroxylation is 1. The molecule has 290 valence electrons. The molecule has 51 heavy (non-hydrogen) atoms. The molecule has 0 aliphatic heterocycles. The van der Waals surface area contributed by atoms with Gasteiger partial charge in [0.05, 0.1) is 19.8 Å². The summed E-state index contributed by atoms with van der Waals surface area (Å²) in [6.07, 6.45) is -0.371. The molecule has 3 saturated carbocycles. The summed E-state index contributed by atoms with van der Waals surface area (Å²) < 4.78 is 92.5. The smallest absolute Gasteiger partial charge is 0.426 e. The number of rotatable bonds is 15. The number of ether oxygens (including phenoxy) is 2. The highest BCUT2D eigenvalue weighted by Crippen LogP contribution is 2.62. The van der Waals surface area contributed by atoms with E-state index in [-0.39, 0.29) is 36.9 Å². The lowest BCUT2D eigenvalue weighted by atomic mass is 9.55. The van der Waals surface area contributed by atoms with E-state index < -0.39 is 31.0 Å². The molecule has 1 aromatic rings. The van der Waals surface area contributed by atoms with Crippen molar-refractivity contribution in [3.05, 3.63) is 29.3 Å². The zero-order valence-electron chi connectivity index (χ0n) is 31.2. The van der Waals surface area contributed by atoms with Crippen molar-refractivity contribution in [1.82, 2.24) is 14.7 Å². The first kappa shape index (κ1) is 40.1. The van der Waals surface area contributed by atoms with Crippen LogP contribution in [0.25, 0.3) is 0 Å². The molecule has 5 rings (SSSR count). The predicted molar refractivity (Wildman–Crippen MR) is 186 cm³/mol. The summed E-state index contributed by atoms with van der Waals surface area (Å²) in [7, 11) is 5.55. The van der Waals surface area contributed by atoms with Gasteiger partial charge in [-0.25, -0.2) is 0 Å². The summed E-state index contributed by atoms with van der Waals surface area (Å²) in [5.41, 5.74) is -1.44. The average molecular weight is 732 g/mol. The third-order valence-corrected chi connectivity index (χ3v) is 13.1. The van der Waals surface area contributed by atoms with Gasteiger partial charge in [0.2, 0.25) is 5.91 Å². The summed E-state index contributed by atoms with van der Waals surface area (Å²) in [6, 6.07) is 7.42. The summed E-state index contributed by atoms with van der Waals surface area (Å²) in [5, 5.41) is 0. The number of nitrogens with zero attached hydrogens (tertiary/aromatic N) is 3. The van der Waals surface area contributed by atoms with Gasteiger partial charge in [-0.2, -0.15) is 26.3 Å². The van der Waals surface area contributed by atoms with Crippen molar-refractivity contribution < 1.29 is 40.6 Å². The Morgan fingerprint density at radius 2 is 1.63 bits per heavy atom. The number of hydrogen-bond donors (Lipinski definition) is 0. The van der Waals surface area contributed by atoms with Crippen molar-refractivity contribution in [3.63, 3.8) is 0 Å². The third-order valence-electron chi connectivity index (χ3n) is 13.1. The SMILES string of the molecule is CCCC(OCCN(C)CC(=O)N(C)[C@H]1CCC2C3CCc4cc(OCCCN(C)C5CCCC5)ccc4C3CC[C@@]21C)(C(F)(F)F)C(F)(F)F. The fourth-order valence-corrected chi connectivity index (χ4v) is 10.3. The third kappa shape index (κ3) is 8.37.